The number of rotatable bonds is 9. The van der Waals surface area contributed by atoms with Crippen LogP contribution in [0.2, 0.25) is 0 Å². The molecular formula is C22H27N3O2. The van der Waals surface area contributed by atoms with E-state index in [0.717, 1.165) is 49.0 Å². The van der Waals surface area contributed by atoms with Crippen LogP contribution in [0.3, 0.4) is 0 Å². The Kier molecular flexibility index (Phi) is 6.47. The predicted molar refractivity (Wildman–Crippen MR) is 108 cm³/mol. The highest BCUT2D eigenvalue weighted by Gasteiger charge is 2.14. The fourth-order valence-corrected chi connectivity index (χ4v) is 3.23. The maximum absolute atomic E-state index is 12.4. The molecule has 0 bridgehead atoms. The highest BCUT2D eigenvalue weighted by molar-refractivity contribution is 5.98. The van der Waals surface area contributed by atoms with Crippen molar-refractivity contribution in [2.24, 2.45) is 0 Å². The van der Waals surface area contributed by atoms with Crippen molar-refractivity contribution >= 4 is 16.8 Å². The Morgan fingerprint density at radius 1 is 1.15 bits per heavy atom. The third kappa shape index (κ3) is 4.67. The molecule has 3 rings (SSSR count). The molecule has 5 heteroatoms. The van der Waals surface area contributed by atoms with Crippen molar-refractivity contribution in [3.63, 3.8) is 0 Å². The summed E-state index contributed by atoms with van der Waals surface area (Å²) >= 11 is 0. The topological polar surface area (TPSA) is 56.2 Å². The largest absolute Gasteiger partial charge is 0.481 e. The lowest BCUT2D eigenvalue weighted by atomic mass is 10.1. The summed E-state index contributed by atoms with van der Waals surface area (Å²) in [6, 6.07) is 16.0. The Morgan fingerprint density at radius 2 is 1.96 bits per heavy atom. The Hall–Kier alpha value is -2.82. The first-order valence-electron chi connectivity index (χ1n) is 9.59. The maximum Gasteiger partial charge on any atom is 0.251 e. The van der Waals surface area contributed by atoms with Gasteiger partial charge >= 0.3 is 0 Å². The number of hydrogen-bond donors (Lipinski definition) is 1. The molecule has 1 N–H and O–H groups in total. The summed E-state index contributed by atoms with van der Waals surface area (Å²) in [7, 11) is 1.65. The molecule has 27 heavy (non-hydrogen) atoms. The molecule has 0 saturated heterocycles. The second kappa shape index (κ2) is 9.21. The van der Waals surface area contributed by atoms with Gasteiger partial charge in [0.2, 0.25) is 5.88 Å². The number of amides is 1. The Bertz CT molecular complexity index is 887. The molecule has 1 aromatic heterocycles. The molecule has 0 atom stereocenters. The zero-order valence-corrected chi connectivity index (χ0v) is 16.1. The van der Waals surface area contributed by atoms with E-state index in [1.807, 2.05) is 28.9 Å². The summed E-state index contributed by atoms with van der Waals surface area (Å²) < 4.78 is 7.34. The number of nitrogens with one attached hydrogen (secondary N) is 1. The smallest absolute Gasteiger partial charge is 0.251 e. The number of aryl methyl sites for hydroxylation is 2. The van der Waals surface area contributed by atoms with Gasteiger partial charge in [-0.1, -0.05) is 37.3 Å². The number of carbonyl (C=O) groups excluding carboxylic acids is 1. The number of methoxy groups -OCH3 is 1. The van der Waals surface area contributed by atoms with Gasteiger partial charge in [0, 0.05) is 18.7 Å². The molecule has 0 aliphatic carbocycles. The molecule has 0 radical (unpaired) electrons. The van der Waals surface area contributed by atoms with Crippen molar-refractivity contribution in [2.75, 3.05) is 13.7 Å². The van der Waals surface area contributed by atoms with Gasteiger partial charge in [-0.05, 0) is 49.4 Å². The number of aromatic nitrogens is 2. The first-order chi connectivity index (χ1) is 13.2. The van der Waals surface area contributed by atoms with Crippen LogP contribution in [0.5, 0.6) is 5.88 Å². The fraction of sp³-hybridized carbons (Fsp3) is 0.364. The van der Waals surface area contributed by atoms with E-state index >= 15 is 0 Å². The molecule has 0 aliphatic rings. The average Bonchev–Trinajstić information content (AvgIpc) is 3.05. The van der Waals surface area contributed by atoms with Gasteiger partial charge in [-0.25, -0.2) is 4.68 Å². The average molecular weight is 365 g/mol. The number of unbranched alkanes of at least 4 members (excludes halogenated alkanes) is 1. The first-order valence-corrected chi connectivity index (χ1v) is 9.59. The van der Waals surface area contributed by atoms with Crippen LogP contribution >= 0.6 is 0 Å². The molecule has 2 aromatic carbocycles. The highest BCUT2D eigenvalue weighted by Crippen LogP contribution is 2.26. The van der Waals surface area contributed by atoms with E-state index in [4.69, 9.17) is 4.74 Å². The molecule has 142 valence electrons. The minimum Gasteiger partial charge on any atom is -0.481 e. The Balaban J connectivity index is 1.55. The van der Waals surface area contributed by atoms with Gasteiger partial charge < -0.3 is 10.1 Å². The number of benzene rings is 2. The standard InChI is InChI=1S/C22H27N3O2/c1-3-15-25-22(27-2)19-13-12-18(16-20(19)24-25)21(26)23-14-8-7-11-17-9-5-4-6-10-17/h4-6,9-10,12-13,16H,3,7-8,11,14-15H2,1-2H3,(H,23,26). The van der Waals surface area contributed by atoms with Crippen molar-refractivity contribution in [1.29, 1.82) is 0 Å². The molecule has 0 unspecified atom stereocenters. The first kappa shape index (κ1) is 19.0. The van der Waals surface area contributed by atoms with Crippen LogP contribution in [0.4, 0.5) is 0 Å². The van der Waals surface area contributed by atoms with Crippen LogP contribution < -0.4 is 10.1 Å². The van der Waals surface area contributed by atoms with Gasteiger partial charge in [-0.3, -0.25) is 4.79 Å². The van der Waals surface area contributed by atoms with Crippen LogP contribution in [0.1, 0.15) is 42.1 Å². The molecule has 1 amide bonds. The monoisotopic (exact) mass is 365 g/mol. The molecular weight excluding hydrogens is 338 g/mol. The van der Waals surface area contributed by atoms with E-state index in [9.17, 15) is 4.79 Å². The van der Waals surface area contributed by atoms with Crippen molar-refractivity contribution in [1.82, 2.24) is 15.1 Å². The van der Waals surface area contributed by atoms with E-state index in [0.29, 0.717) is 12.1 Å². The quantitative estimate of drug-likeness (QED) is 0.578. The van der Waals surface area contributed by atoms with Gasteiger partial charge in [-0.2, -0.15) is 5.10 Å². The normalized spacial score (nSPS) is 10.9. The van der Waals surface area contributed by atoms with Gasteiger partial charge in [0.15, 0.2) is 0 Å². The minimum absolute atomic E-state index is 0.0550. The number of nitrogens with zero attached hydrogens (tertiary/aromatic N) is 2. The summed E-state index contributed by atoms with van der Waals surface area (Å²) in [5.41, 5.74) is 2.76. The van der Waals surface area contributed by atoms with Crippen LogP contribution in [0.25, 0.3) is 10.9 Å². The summed E-state index contributed by atoms with van der Waals surface area (Å²) in [5.74, 6) is 0.695. The lowest BCUT2D eigenvalue weighted by molar-refractivity contribution is 0.0953. The van der Waals surface area contributed by atoms with Crippen LogP contribution in [-0.4, -0.2) is 29.3 Å². The van der Waals surface area contributed by atoms with Crippen molar-refractivity contribution < 1.29 is 9.53 Å². The molecule has 0 aliphatic heterocycles. The Morgan fingerprint density at radius 3 is 2.70 bits per heavy atom. The summed E-state index contributed by atoms with van der Waals surface area (Å²) in [6.07, 6.45) is 4.03. The molecule has 0 fully saturated rings. The van der Waals surface area contributed by atoms with Crippen LogP contribution in [-0.2, 0) is 13.0 Å². The zero-order valence-electron chi connectivity index (χ0n) is 16.1. The number of carbonyl (C=O) groups is 1. The van der Waals surface area contributed by atoms with E-state index < -0.39 is 0 Å². The molecule has 0 saturated carbocycles. The molecule has 1 heterocycles. The summed E-state index contributed by atoms with van der Waals surface area (Å²) in [5, 5.41) is 8.51. The van der Waals surface area contributed by atoms with Crippen LogP contribution in [0, 0.1) is 0 Å². The molecule has 3 aromatic rings. The summed E-state index contributed by atoms with van der Waals surface area (Å²) in [4.78, 5) is 12.4. The van der Waals surface area contributed by atoms with Crippen LogP contribution in [0.15, 0.2) is 48.5 Å². The Labute approximate surface area is 160 Å². The van der Waals surface area contributed by atoms with Gasteiger partial charge in [0.25, 0.3) is 5.91 Å². The maximum atomic E-state index is 12.4. The lowest BCUT2D eigenvalue weighted by Gasteiger charge is -2.06. The third-order valence-corrected chi connectivity index (χ3v) is 4.60. The number of ether oxygens (including phenoxy) is 1. The molecule has 5 nitrogen and oxygen atoms in total. The predicted octanol–water partition coefficient (Wildman–Crippen LogP) is 4.21. The van der Waals surface area contributed by atoms with E-state index in [2.05, 4.69) is 41.6 Å². The van der Waals surface area contributed by atoms with Gasteiger partial charge in [0.05, 0.1) is 18.0 Å². The zero-order chi connectivity index (χ0) is 19.1. The third-order valence-electron chi connectivity index (χ3n) is 4.60. The second-order valence-corrected chi connectivity index (χ2v) is 6.66. The van der Waals surface area contributed by atoms with E-state index in [-0.39, 0.29) is 5.91 Å². The number of hydrogen-bond acceptors (Lipinski definition) is 3. The van der Waals surface area contributed by atoms with Crippen molar-refractivity contribution in [3.05, 3.63) is 59.7 Å². The van der Waals surface area contributed by atoms with E-state index in [1.54, 1.807) is 7.11 Å². The minimum atomic E-state index is -0.0550. The van der Waals surface area contributed by atoms with Crippen molar-refractivity contribution in [3.8, 4) is 5.88 Å². The lowest BCUT2D eigenvalue weighted by Crippen LogP contribution is -2.24. The summed E-state index contributed by atoms with van der Waals surface area (Å²) in [6.45, 7) is 3.57. The van der Waals surface area contributed by atoms with Crippen molar-refractivity contribution in [2.45, 2.75) is 39.2 Å². The molecule has 0 spiro atoms. The highest BCUT2D eigenvalue weighted by atomic mass is 16.5. The second-order valence-electron chi connectivity index (χ2n) is 6.66. The van der Waals surface area contributed by atoms with Gasteiger partial charge in [-0.15, -0.1) is 0 Å². The van der Waals surface area contributed by atoms with Gasteiger partial charge in [0.1, 0.15) is 0 Å². The van der Waals surface area contributed by atoms with E-state index in [1.165, 1.54) is 5.56 Å². The SMILES string of the molecule is CCCn1nc2cc(C(=O)NCCCCc3ccccc3)ccc2c1OC. The number of fused-ring (bicyclic) bond motifs is 1. The fourth-order valence-electron chi connectivity index (χ4n) is 3.23.